The van der Waals surface area contributed by atoms with Crippen LogP contribution >= 0.6 is 11.3 Å². The molecule has 138 valence electrons. The summed E-state index contributed by atoms with van der Waals surface area (Å²) in [5.41, 5.74) is 2.48. The van der Waals surface area contributed by atoms with Crippen molar-refractivity contribution >= 4 is 34.5 Å². The number of rotatable bonds is 5. The van der Waals surface area contributed by atoms with E-state index in [9.17, 15) is 9.59 Å². The standard InChI is InChI=1S/C19H23N3O3S/c1-12-15-7-9-26-18(15)6-8-22(12)11-19(24)21-16-10-14(20-13(2)23)4-5-17(16)25-3/h4-5,7,9-10,12H,6,8,11H2,1-3H3,(H,20,23)(H,21,24)/t12-/m1/s1. The van der Waals surface area contributed by atoms with E-state index in [-0.39, 0.29) is 17.9 Å². The number of fused-ring (bicyclic) bond motifs is 1. The molecule has 0 radical (unpaired) electrons. The number of hydrogen-bond donors (Lipinski definition) is 2. The third kappa shape index (κ3) is 4.05. The van der Waals surface area contributed by atoms with Crippen LogP contribution in [-0.4, -0.2) is 36.9 Å². The van der Waals surface area contributed by atoms with Crippen LogP contribution in [-0.2, 0) is 16.0 Å². The molecule has 0 spiro atoms. The Morgan fingerprint density at radius 2 is 2.12 bits per heavy atom. The lowest BCUT2D eigenvalue weighted by Crippen LogP contribution is -2.39. The van der Waals surface area contributed by atoms with E-state index in [0.29, 0.717) is 23.7 Å². The summed E-state index contributed by atoms with van der Waals surface area (Å²) >= 11 is 1.79. The number of thiophene rings is 1. The van der Waals surface area contributed by atoms with E-state index in [4.69, 9.17) is 4.74 Å². The highest BCUT2D eigenvalue weighted by Gasteiger charge is 2.26. The molecule has 0 aliphatic carbocycles. The monoisotopic (exact) mass is 373 g/mol. The second kappa shape index (κ2) is 7.88. The zero-order valence-corrected chi connectivity index (χ0v) is 16.0. The highest BCUT2D eigenvalue weighted by atomic mass is 32.1. The van der Waals surface area contributed by atoms with Gasteiger partial charge in [0, 0.05) is 30.1 Å². The molecule has 2 heterocycles. The third-order valence-electron chi connectivity index (χ3n) is 4.54. The number of hydrogen-bond acceptors (Lipinski definition) is 5. The molecule has 2 N–H and O–H groups in total. The summed E-state index contributed by atoms with van der Waals surface area (Å²) in [6.45, 7) is 4.75. The summed E-state index contributed by atoms with van der Waals surface area (Å²) < 4.78 is 5.31. The lowest BCUT2D eigenvalue weighted by atomic mass is 10.0. The molecule has 1 aliphatic heterocycles. The summed E-state index contributed by atoms with van der Waals surface area (Å²) in [5.74, 6) is 0.286. The van der Waals surface area contributed by atoms with E-state index in [1.54, 1.807) is 36.6 Å². The van der Waals surface area contributed by atoms with Crippen molar-refractivity contribution in [3.63, 3.8) is 0 Å². The van der Waals surface area contributed by atoms with Crippen molar-refractivity contribution in [3.05, 3.63) is 40.1 Å². The van der Waals surface area contributed by atoms with Crippen LogP contribution in [0.15, 0.2) is 29.6 Å². The molecule has 3 rings (SSSR count). The van der Waals surface area contributed by atoms with Crippen LogP contribution in [0.25, 0.3) is 0 Å². The first-order valence-electron chi connectivity index (χ1n) is 8.53. The van der Waals surface area contributed by atoms with Crippen LogP contribution in [0, 0.1) is 0 Å². The average Bonchev–Trinajstić information content (AvgIpc) is 3.06. The first kappa shape index (κ1) is 18.4. The number of amides is 2. The highest BCUT2D eigenvalue weighted by Crippen LogP contribution is 2.33. The highest BCUT2D eigenvalue weighted by molar-refractivity contribution is 7.10. The minimum absolute atomic E-state index is 0.103. The number of anilines is 2. The third-order valence-corrected chi connectivity index (χ3v) is 5.54. The summed E-state index contributed by atoms with van der Waals surface area (Å²) in [4.78, 5) is 27.4. The predicted molar refractivity (Wildman–Crippen MR) is 104 cm³/mol. The van der Waals surface area contributed by atoms with E-state index in [0.717, 1.165) is 13.0 Å². The van der Waals surface area contributed by atoms with E-state index in [1.165, 1.54) is 17.4 Å². The second-order valence-electron chi connectivity index (χ2n) is 6.34. The molecule has 6 nitrogen and oxygen atoms in total. The van der Waals surface area contributed by atoms with Gasteiger partial charge in [-0.3, -0.25) is 14.5 Å². The minimum Gasteiger partial charge on any atom is -0.495 e. The minimum atomic E-state index is -0.166. The zero-order chi connectivity index (χ0) is 18.7. The van der Waals surface area contributed by atoms with Crippen molar-refractivity contribution in [1.29, 1.82) is 0 Å². The molecule has 2 aromatic rings. The molecule has 0 bridgehead atoms. The van der Waals surface area contributed by atoms with Gasteiger partial charge in [-0.2, -0.15) is 0 Å². The fourth-order valence-electron chi connectivity index (χ4n) is 3.24. The van der Waals surface area contributed by atoms with Crippen LogP contribution in [0.3, 0.4) is 0 Å². The predicted octanol–water partition coefficient (Wildman–Crippen LogP) is 3.27. The molecule has 0 saturated carbocycles. The van der Waals surface area contributed by atoms with Gasteiger partial charge < -0.3 is 15.4 Å². The van der Waals surface area contributed by atoms with Gasteiger partial charge in [0.1, 0.15) is 5.75 Å². The van der Waals surface area contributed by atoms with Crippen LogP contribution in [0.2, 0.25) is 0 Å². The van der Waals surface area contributed by atoms with Gasteiger partial charge in [0.15, 0.2) is 0 Å². The maximum absolute atomic E-state index is 12.6. The van der Waals surface area contributed by atoms with Gasteiger partial charge in [0.2, 0.25) is 11.8 Å². The van der Waals surface area contributed by atoms with Gasteiger partial charge in [-0.05, 0) is 48.6 Å². The number of ether oxygens (including phenoxy) is 1. The lowest BCUT2D eigenvalue weighted by Gasteiger charge is -2.33. The quantitative estimate of drug-likeness (QED) is 0.844. The first-order valence-corrected chi connectivity index (χ1v) is 9.41. The van der Waals surface area contributed by atoms with Crippen LogP contribution in [0.1, 0.15) is 30.3 Å². The van der Waals surface area contributed by atoms with Crippen molar-refractivity contribution in [2.45, 2.75) is 26.3 Å². The van der Waals surface area contributed by atoms with Crippen LogP contribution < -0.4 is 15.4 Å². The zero-order valence-electron chi connectivity index (χ0n) is 15.2. The van der Waals surface area contributed by atoms with Crippen LogP contribution in [0.4, 0.5) is 11.4 Å². The number of carbonyl (C=O) groups excluding carboxylic acids is 2. The first-order chi connectivity index (χ1) is 12.5. The average molecular weight is 373 g/mol. The van der Waals surface area contributed by atoms with Crippen molar-refractivity contribution in [2.75, 3.05) is 30.8 Å². The number of nitrogens with one attached hydrogen (secondary N) is 2. The van der Waals surface area contributed by atoms with Gasteiger partial charge in [-0.25, -0.2) is 0 Å². The SMILES string of the molecule is COc1ccc(NC(C)=O)cc1NC(=O)CN1CCc2sccc2[C@H]1C. The number of nitrogens with zero attached hydrogens (tertiary/aromatic N) is 1. The molecule has 7 heteroatoms. The fraction of sp³-hybridized carbons (Fsp3) is 0.368. The number of methoxy groups -OCH3 is 1. The summed E-state index contributed by atoms with van der Waals surface area (Å²) in [6, 6.07) is 7.54. The van der Waals surface area contributed by atoms with E-state index in [2.05, 4.69) is 33.9 Å². The molecular formula is C19H23N3O3S. The molecule has 26 heavy (non-hydrogen) atoms. The molecule has 1 aliphatic rings. The Labute approximate surface area is 157 Å². The maximum Gasteiger partial charge on any atom is 0.238 e. The lowest BCUT2D eigenvalue weighted by molar-refractivity contribution is -0.118. The Bertz CT molecular complexity index is 818. The van der Waals surface area contributed by atoms with Crippen LogP contribution in [0.5, 0.6) is 5.75 Å². The topological polar surface area (TPSA) is 70.7 Å². The molecule has 0 unspecified atom stereocenters. The molecule has 1 atom stereocenters. The normalized spacial score (nSPS) is 16.7. The summed E-state index contributed by atoms with van der Waals surface area (Å²) in [5, 5.41) is 7.73. The smallest absolute Gasteiger partial charge is 0.238 e. The molecule has 0 fully saturated rings. The molecule has 1 aromatic carbocycles. The van der Waals surface area contributed by atoms with Gasteiger partial charge in [-0.1, -0.05) is 0 Å². The molecule has 1 aromatic heterocycles. The number of benzene rings is 1. The summed E-state index contributed by atoms with van der Waals surface area (Å²) in [6.07, 6.45) is 0.978. The Morgan fingerprint density at radius 1 is 1.31 bits per heavy atom. The largest absolute Gasteiger partial charge is 0.495 e. The molecule has 2 amide bonds. The van der Waals surface area contributed by atoms with E-state index < -0.39 is 0 Å². The van der Waals surface area contributed by atoms with Crippen molar-refractivity contribution in [3.8, 4) is 5.75 Å². The maximum atomic E-state index is 12.6. The summed E-state index contributed by atoms with van der Waals surface area (Å²) in [7, 11) is 1.55. The Kier molecular flexibility index (Phi) is 5.58. The Balaban J connectivity index is 1.69. The van der Waals surface area contributed by atoms with Crippen molar-refractivity contribution in [1.82, 2.24) is 4.90 Å². The van der Waals surface area contributed by atoms with Gasteiger partial charge in [0.25, 0.3) is 0 Å². The van der Waals surface area contributed by atoms with Crippen molar-refractivity contribution in [2.24, 2.45) is 0 Å². The van der Waals surface area contributed by atoms with Gasteiger partial charge >= 0.3 is 0 Å². The molecule has 0 saturated heterocycles. The van der Waals surface area contributed by atoms with Gasteiger partial charge in [0.05, 0.1) is 19.3 Å². The van der Waals surface area contributed by atoms with Gasteiger partial charge in [-0.15, -0.1) is 11.3 Å². The Hall–Kier alpha value is -2.38. The Morgan fingerprint density at radius 3 is 2.85 bits per heavy atom. The number of carbonyl (C=O) groups is 2. The van der Waals surface area contributed by atoms with E-state index >= 15 is 0 Å². The second-order valence-corrected chi connectivity index (χ2v) is 7.34. The fourth-order valence-corrected chi connectivity index (χ4v) is 4.20. The molecular weight excluding hydrogens is 350 g/mol. The van der Waals surface area contributed by atoms with Crippen molar-refractivity contribution < 1.29 is 14.3 Å². The van der Waals surface area contributed by atoms with E-state index in [1.807, 2.05) is 0 Å².